The van der Waals surface area contributed by atoms with E-state index in [0.717, 1.165) is 26.6 Å². The van der Waals surface area contributed by atoms with Crippen molar-refractivity contribution < 1.29 is 0 Å². The number of aromatic amines is 1. The minimum Gasteiger partial charge on any atom is -0.331 e. The first-order chi connectivity index (χ1) is 9.06. The monoisotopic (exact) mass is 338 g/mol. The Hall–Kier alpha value is -0.610. The van der Waals surface area contributed by atoms with Crippen LogP contribution in [-0.2, 0) is 0 Å². The van der Waals surface area contributed by atoms with Gasteiger partial charge in [-0.1, -0.05) is 29.8 Å². The van der Waals surface area contributed by atoms with Gasteiger partial charge < -0.3 is 9.55 Å². The van der Waals surface area contributed by atoms with Gasteiger partial charge in [0.15, 0.2) is 4.77 Å². The molecule has 1 heterocycles. The maximum absolute atomic E-state index is 5.54. The van der Waals surface area contributed by atoms with Crippen LogP contribution in [-0.4, -0.2) is 9.55 Å². The Bertz CT molecular complexity index is 658. The fraction of sp³-hybridized carbons (Fsp3) is 0.533. The zero-order valence-electron chi connectivity index (χ0n) is 11.3. The van der Waals surface area contributed by atoms with E-state index in [0.29, 0.717) is 6.04 Å². The van der Waals surface area contributed by atoms with Gasteiger partial charge in [-0.05, 0) is 61.5 Å². The van der Waals surface area contributed by atoms with E-state index >= 15 is 0 Å². The van der Waals surface area contributed by atoms with Crippen LogP contribution in [0.25, 0.3) is 11.0 Å². The van der Waals surface area contributed by atoms with E-state index in [1.165, 1.54) is 24.8 Å². The molecule has 1 aliphatic rings. The van der Waals surface area contributed by atoms with Crippen molar-refractivity contribution in [2.24, 2.45) is 11.8 Å². The molecule has 0 amide bonds. The Morgan fingerprint density at radius 1 is 1.26 bits per heavy atom. The summed E-state index contributed by atoms with van der Waals surface area (Å²) in [5, 5.41) is 0. The second-order valence-corrected chi connectivity index (χ2v) is 7.19. The van der Waals surface area contributed by atoms with Crippen LogP contribution in [0, 0.1) is 16.6 Å². The highest BCUT2D eigenvalue weighted by Gasteiger charge is 2.26. The quantitative estimate of drug-likeness (QED) is 0.684. The predicted molar refractivity (Wildman–Crippen MR) is 86.0 cm³/mol. The van der Waals surface area contributed by atoms with E-state index in [9.17, 15) is 0 Å². The lowest BCUT2D eigenvalue weighted by atomic mass is 9.79. The topological polar surface area (TPSA) is 20.7 Å². The summed E-state index contributed by atoms with van der Waals surface area (Å²) in [5.41, 5.74) is 2.37. The van der Waals surface area contributed by atoms with Crippen LogP contribution in [0.2, 0.25) is 0 Å². The molecule has 0 bridgehead atoms. The minimum absolute atomic E-state index is 0.550. The molecule has 0 radical (unpaired) electrons. The SMILES string of the molecule is CC1CCC(n2c(=S)[nH]c3cc(Br)ccc32)CC1C. The molecule has 1 aromatic carbocycles. The van der Waals surface area contributed by atoms with Crippen LogP contribution in [0.5, 0.6) is 0 Å². The highest BCUT2D eigenvalue weighted by atomic mass is 79.9. The van der Waals surface area contributed by atoms with Crippen molar-refractivity contribution in [2.75, 3.05) is 0 Å². The fourth-order valence-electron chi connectivity index (χ4n) is 3.22. The van der Waals surface area contributed by atoms with Gasteiger partial charge in [-0.15, -0.1) is 0 Å². The highest BCUT2D eigenvalue weighted by Crippen LogP contribution is 2.38. The lowest BCUT2D eigenvalue weighted by Gasteiger charge is -2.33. The maximum atomic E-state index is 5.54. The molecule has 1 saturated carbocycles. The standard InChI is InChI=1S/C15H19BrN2S/c1-9-3-5-12(7-10(9)2)18-14-6-4-11(16)8-13(14)17-15(18)19/h4,6,8-10,12H,3,5,7H2,1-2H3,(H,17,19). The lowest BCUT2D eigenvalue weighted by molar-refractivity contribution is 0.212. The van der Waals surface area contributed by atoms with Crippen molar-refractivity contribution in [3.8, 4) is 0 Å². The van der Waals surface area contributed by atoms with Crippen molar-refractivity contribution >= 4 is 39.2 Å². The van der Waals surface area contributed by atoms with E-state index in [1.807, 2.05) is 0 Å². The van der Waals surface area contributed by atoms with Gasteiger partial charge in [0.2, 0.25) is 0 Å². The van der Waals surface area contributed by atoms with Gasteiger partial charge in [0.1, 0.15) is 0 Å². The van der Waals surface area contributed by atoms with Crippen LogP contribution in [0.15, 0.2) is 22.7 Å². The summed E-state index contributed by atoms with van der Waals surface area (Å²) < 4.78 is 4.29. The molecule has 3 atom stereocenters. The Morgan fingerprint density at radius 3 is 2.79 bits per heavy atom. The molecule has 2 aromatic rings. The third-order valence-corrected chi connectivity index (χ3v) is 5.41. The molecule has 3 unspecified atom stereocenters. The molecule has 1 aliphatic carbocycles. The summed E-state index contributed by atoms with van der Waals surface area (Å²) in [7, 11) is 0. The zero-order chi connectivity index (χ0) is 13.6. The fourth-order valence-corrected chi connectivity index (χ4v) is 3.94. The Balaban J connectivity index is 2.05. The van der Waals surface area contributed by atoms with E-state index in [1.54, 1.807) is 0 Å². The smallest absolute Gasteiger partial charge is 0.178 e. The largest absolute Gasteiger partial charge is 0.331 e. The summed E-state index contributed by atoms with van der Waals surface area (Å²) >= 11 is 9.05. The van der Waals surface area contributed by atoms with Gasteiger partial charge in [0, 0.05) is 10.5 Å². The van der Waals surface area contributed by atoms with Crippen LogP contribution in [0.4, 0.5) is 0 Å². The lowest BCUT2D eigenvalue weighted by Crippen LogP contribution is -2.23. The number of halogens is 1. The van der Waals surface area contributed by atoms with Crippen LogP contribution >= 0.6 is 28.1 Å². The van der Waals surface area contributed by atoms with Crippen molar-refractivity contribution in [1.29, 1.82) is 0 Å². The molecule has 102 valence electrons. The maximum Gasteiger partial charge on any atom is 0.178 e. The molecule has 1 fully saturated rings. The second kappa shape index (κ2) is 5.06. The average Bonchev–Trinajstić information content (AvgIpc) is 2.68. The molecule has 0 saturated heterocycles. The molecule has 0 aliphatic heterocycles. The normalized spacial score (nSPS) is 27.8. The first-order valence-corrected chi connectivity index (χ1v) is 8.16. The summed E-state index contributed by atoms with van der Waals surface area (Å²) in [6.07, 6.45) is 3.78. The summed E-state index contributed by atoms with van der Waals surface area (Å²) in [6.45, 7) is 4.73. The Morgan fingerprint density at radius 2 is 2.05 bits per heavy atom. The summed E-state index contributed by atoms with van der Waals surface area (Å²) in [5.74, 6) is 1.62. The van der Waals surface area contributed by atoms with E-state index in [-0.39, 0.29) is 0 Å². The van der Waals surface area contributed by atoms with Gasteiger partial charge in [-0.3, -0.25) is 0 Å². The number of nitrogens with one attached hydrogen (secondary N) is 1. The van der Waals surface area contributed by atoms with E-state index in [4.69, 9.17) is 12.2 Å². The first-order valence-electron chi connectivity index (χ1n) is 6.96. The van der Waals surface area contributed by atoms with E-state index in [2.05, 4.69) is 57.5 Å². The molecular weight excluding hydrogens is 320 g/mol. The average molecular weight is 339 g/mol. The molecule has 3 rings (SSSR count). The number of imidazole rings is 1. The van der Waals surface area contributed by atoms with Crippen molar-refractivity contribution in [1.82, 2.24) is 9.55 Å². The van der Waals surface area contributed by atoms with Crippen LogP contribution < -0.4 is 0 Å². The number of fused-ring (bicyclic) bond motifs is 1. The number of hydrogen-bond acceptors (Lipinski definition) is 1. The molecule has 1 N–H and O–H groups in total. The van der Waals surface area contributed by atoms with Crippen LogP contribution in [0.1, 0.15) is 39.2 Å². The highest BCUT2D eigenvalue weighted by molar-refractivity contribution is 9.10. The van der Waals surface area contributed by atoms with Gasteiger partial charge in [-0.2, -0.15) is 0 Å². The molecule has 0 spiro atoms. The molecule has 19 heavy (non-hydrogen) atoms. The molecular formula is C15H19BrN2S. The zero-order valence-corrected chi connectivity index (χ0v) is 13.7. The Labute approximate surface area is 127 Å². The number of H-pyrrole nitrogens is 1. The van der Waals surface area contributed by atoms with Gasteiger partial charge in [0.25, 0.3) is 0 Å². The van der Waals surface area contributed by atoms with Gasteiger partial charge in [0.05, 0.1) is 11.0 Å². The van der Waals surface area contributed by atoms with Crippen LogP contribution in [0.3, 0.4) is 0 Å². The minimum atomic E-state index is 0.550. The van der Waals surface area contributed by atoms with Crippen molar-refractivity contribution in [3.63, 3.8) is 0 Å². The first kappa shape index (κ1) is 13.4. The van der Waals surface area contributed by atoms with Crippen molar-refractivity contribution in [3.05, 3.63) is 27.4 Å². The van der Waals surface area contributed by atoms with Gasteiger partial charge in [-0.25, -0.2) is 0 Å². The van der Waals surface area contributed by atoms with Gasteiger partial charge >= 0.3 is 0 Å². The third kappa shape index (κ3) is 2.40. The summed E-state index contributed by atoms with van der Waals surface area (Å²) in [4.78, 5) is 3.34. The number of hydrogen-bond donors (Lipinski definition) is 1. The third-order valence-electron chi connectivity index (χ3n) is 4.61. The predicted octanol–water partition coefficient (Wildman–Crippen LogP) is 5.46. The number of aromatic nitrogens is 2. The number of benzene rings is 1. The molecule has 2 nitrogen and oxygen atoms in total. The Kier molecular flexibility index (Phi) is 3.56. The second-order valence-electron chi connectivity index (χ2n) is 5.88. The number of rotatable bonds is 1. The van der Waals surface area contributed by atoms with E-state index < -0.39 is 0 Å². The molecule has 1 aromatic heterocycles. The molecule has 4 heteroatoms. The number of nitrogens with zero attached hydrogens (tertiary/aromatic N) is 1. The summed E-state index contributed by atoms with van der Waals surface area (Å²) in [6, 6.07) is 6.91. The van der Waals surface area contributed by atoms with Crippen molar-refractivity contribution in [2.45, 2.75) is 39.2 Å².